The Morgan fingerprint density at radius 2 is 2.18 bits per heavy atom. The van der Waals surface area contributed by atoms with E-state index in [1.54, 1.807) is 0 Å². The minimum atomic E-state index is -0.0421. The van der Waals surface area contributed by atoms with E-state index < -0.39 is 0 Å². The first kappa shape index (κ1) is 13.5. The maximum Gasteiger partial charge on any atom is 0.238 e. The highest BCUT2D eigenvalue weighted by Gasteiger charge is 2.02. The summed E-state index contributed by atoms with van der Waals surface area (Å²) in [5.74, 6) is 0.743. The number of anilines is 1. The van der Waals surface area contributed by atoms with Crippen molar-refractivity contribution in [1.29, 1.82) is 0 Å². The third kappa shape index (κ3) is 5.36. The van der Waals surface area contributed by atoms with Crippen molar-refractivity contribution >= 4 is 11.6 Å². The molecule has 0 fully saturated rings. The van der Waals surface area contributed by atoms with E-state index in [2.05, 4.69) is 17.6 Å². The number of hydrogen-bond acceptors (Lipinski definition) is 3. The number of nitrogens with one attached hydrogen (secondary N) is 2. The molecule has 0 unspecified atom stereocenters. The van der Waals surface area contributed by atoms with Gasteiger partial charge < -0.3 is 15.4 Å². The number of benzene rings is 1. The SMILES string of the molecule is CCCOc1cccc(NC(=O)CNCC)c1. The molecule has 0 spiro atoms. The van der Waals surface area contributed by atoms with Crippen LogP contribution in [0.3, 0.4) is 0 Å². The molecule has 0 atom stereocenters. The molecular weight excluding hydrogens is 216 g/mol. The van der Waals surface area contributed by atoms with Crippen molar-refractivity contribution in [2.75, 3.05) is 25.0 Å². The summed E-state index contributed by atoms with van der Waals surface area (Å²) in [6.07, 6.45) is 0.969. The van der Waals surface area contributed by atoms with Crippen LogP contribution in [0, 0.1) is 0 Å². The van der Waals surface area contributed by atoms with Crippen molar-refractivity contribution in [3.63, 3.8) is 0 Å². The van der Waals surface area contributed by atoms with E-state index in [1.807, 2.05) is 31.2 Å². The Bertz CT molecular complexity index is 353. The standard InChI is InChI=1S/C13H20N2O2/c1-3-8-17-12-7-5-6-11(9-12)15-13(16)10-14-4-2/h5-7,9,14H,3-4,8,10H2,1-2H3,(H,15,16). The van der Waals surface area contributed by atoms with Crippen LogP contribution >= 0.6 is 0 Å². The molecular formula is C13H20N2O2. The van der Waals surface area contributed by atoms with Crippen LogP contribution in [0.15, 0.2) is 24.3 Å². The Labute approximate surface area is 102 Å². The fourth-order valence-corrected chi connectivity index (χ4v) is 1.33. The molecule has 0 aromatic heterocycles. The zero-order valence-corrected chi connectivity index (χ0v) is 10.5. The average Bonchev–Trinajstić information content (AvgIpc) is 2.34. The number of carbonyl (C=O) groups is 1. The van der Waals surface area contributed by atoms with Gasteiger partial charge in [-0.1, -0.05) is 19.9 Å². The fourth-order valence-electron chi connectivity index (χ4n) is 1.33. The molecule has 0 radical (unpaired) electrons. The zero-order chi connectivity index (χ0) is 12.5. The lowest BCUT2D eigenvalue weighted by Crippen LogP contribution is -2.27. The van der Waals surface area contributed by atoms with E-state index in [0.717, 1.165) is 24.4 Å². The molecule has 94 valence electrons. The quantitative estimate of drug-likeness (QED) is 0.761. The lowest BCUT2D eigenvalue weighted by atomic mass is 10.3. The molecule has 2 N–H and O–H groups in total. The van der Waals surface area contributed by atoms with Gasteiger partial charge in [-0.3, -0.25) is 4.79 Å². The van der Waals surface area contributed by atoms with Crippen molar-refractivity contribution < 1.29 is 9.53 Å². The summed E-state index contributed by atoms with van der Waals surface area (Å²) < 4.78 is 5.49. The molecule has 1 rings (SSSR count). The summed E-state index contributed by atoms with van der Waals surface area (Å²) in [4.78, 5) is 11.5. The molecule has 0 aliphatic heterocycles. The molecule has 0 bridgehead atoms. The monoisotopic (exact) mass is 236 g/mol. The normalized spacial score (nSPS) is 10.0. The maximum absolute atomic E-state index is 11.5. The van der Waals surface area contributed by atoms with Gasteiger partial charge in [-0.25, -0.2) is 0 Å². The summed E-state index contributed by atoms with van der Waals surface area (Å²) >= 11 is 0. The van der Waals surface area contributed by atoms with E-state index in [9.17, 15) is 4.79 Å². The van der Waals surface area contributed by atoms with Gasteiger partial charge in [-0.15, -0.1) is 0 Å². The van der Waals surface area contributed by atoms with E-state index in [1.165, 1.54) is 0 Å². The predicted octanol–water partition coefficient (Wildman–Crippen LogP) is 2.02. The maximum atomic E-state index is 11.5. The second kappa shape index (κ2) is 7.68. The Hall–Kier alpha value is -1.55. The van der Waals surface area contributed by atoms with Gasteiger partial charge in [0.2, 0.25) is 5.91 Å². The Kier molecular flexibility index (Phi) is 6.10. The van der Waals surface area contributed by atoms with Crippen LogP contribution in [-0.4, -0.2) is 25.6 Å². The first-order valence-electron chi connectivity index (χ1n) is 5.99. The van der Waals surface area contributed by atoms with Crippen LogP contribution in [0.25, 0.3) is 0 Å². The minimum Gasteiger partial charge on any atom is -0.494 e. The lowest BCUT2D eigenvalue weighted by Gasteiger charge is -2.08. The van der Waals surface area contributed by atoms with Gasteiger partial charge >= 0.3 is 0 Å². The molecule has 4 heteroatoms. The minimum absolute atomic E-state index is 0.0421. The van der Waals surface area contributed by atoms with Gasteiger partial charge in [0.15, 0.2) is 0 Å². The number of likely N-dealkylation sites (N-methyl/N-ethyl adjacent to an activating group) is 1. The van der Waals surface area contributed by atoms with Crippen molar-refractivity contribution in [2.45, 2.75) is 20.3 Å². The molecule has 1 aromatic carbocycles. The summed E-state index contributed by atoms with van der Waals surface area (Å²) in [5.41, 5.74) is 0.765. The molecule has 0 heterocycles. The van der Waals surface area contributed by atoms with Crippen LogP contribution in [-0.2, 0) is 4.79 Å². The molecule has 4 nitrogen and oxygen atoms in total. The number of hydrogen-bond donors (Lipinski definition) is 2. The molecule has 17 heavy (non-hydrogen) atoms. The fraction of sp³-hybridized carbons (Fsp3) is 0.462. The van der Waals surface area contributed by atoms with Crippen LogP contribution in [0.1, 0.15) is 20.3 Å². The Morgan fingerprint density at radius 3 is 2.88 bits per heavy atom. The van der Waals surface area contributed by atoms with Crippen molar-refractivity contribution in [2.24, 2.45) is 0 Å². The van der Waals surface area contributed by atoms with E-state index in [0.29, 0.717) is 13.2 Å². The second-order valence-corrected chi connectivity index (χ2v) is 3.70. The van der Waals surface area contributed by atoms with Gasteiger partial charge in [0.25, 0.3) is 0 Å². The molecule has 0 aliphatic rings. The highest BCUT2D eigenvalue weighted by molar-refractivity contribution is 5.92. The van der Waals surface area contributed by atoms with Gasteiger partial charge in [-0.2, -0.15) is 0 Å². The smallest absolute Gasteiger partial charge is 0.238 e. The van der Waals surface area contributed by atoms with E-state index >= 15 is 0 Å². The zero-order valence-electron chi connectivity index (χ0n) is 10.5. The molecule has 0 saturated heterocycles. The van der Waals surface area contributed by atoms with Crippen LogP contribution in [0.5, 0.6) is 5.75 Å². The third-order valence-electron chi connectivity index (χ3n) is 2.13. The highest BCUT2D eigenvalue weighted by atomic mass is 16.5. The number of amides is 1. The molecule has 1 aromatic rings. The number of carbonyl (C=O) groups excluding carboxylic acids is 1. The molecule has 0 saturated carbocycles. The molecule has 0 aliphatic carbocycles. The predicted molar refractivity (Wildman–Crippen MR) is 69.4 cm³/mol. The largest absolute Gasteiger partial charge is 0.494 e. The second-order valence-electron chi connectivity index (χ2n) is 3.70. The summed E-state index contributed by atoms with van der Waals surface area (Å²) in [6.45, 7) is 5.83. The van der Waals surface area contributed by atoms with Gasteiger partial charge in [-0.05, 0) is 25.1 Å². The van der Waals surface area contributed by atoms with E-state index in [4.69, 9.17) is 4.74 Å². The lowest BCUT2D eigenvalue weighted by molar-refractivity contribution is -0.115. The van der Waals surface area contributed by atoms with Crippen molar-refractivity contribution in [3.8, 4) is 5.75 Å². The first-order chi connectivity index (χ1) is 8.26. The Morgan fingerprint density at radius 1 is 1.35 bits per heavy atom. The van der Waals surface area contributed by atoms with Crippen LogP contribution < -0.4 is 15.4 Å². The van der Waals surface area contributed by atoms with Crippen molar-refractivity contribution in [1.82, 2.24) is 5.32 Å². The topological polar surface area (TPSA) is 50.4 Å². The third-order valence-corrected chi connectivity index (χ3v) is 2.13. The van der Waals surface area contributed by atoms with Crippen LogP contribution in [0.2, 0.25) is 0 Å². The van der Waals surface area contributed by atoms with Gasteiger partial charge in [0.1, 0.15) is 5.75 Å². The first-order valence-corrected chi connectivity index (χ1v) is 5.99. The summed E-state index contributed by atoms with van der Waals surface area (Å²) in [6, 6.07) is 7.44. The Balaban J connectivity index is 2.50. The highest BCUT2D eigenvalue weighted by Crippen LogP contribution is 2.17. The van der Waals surface area contributed by atoms with Crippen molar-refractivity contribution in [3.05, 3.63) is 24.3 Å². The van der Waals surface area contributed by atoms with E-state index in [-0.39, 0.29) is 5.91 Å². The average molecular weight is 236 g/mol. The van der Waals surface area contributed by atoms with Gasteiger partial charge in [0.05, 0.1) is 13.2 Å². The number of rotatable bonds is 7. The summed E-state index contributed by atoms with van der Waals surface area (Å²) in [5, 5.41) is 5.79. The summed E-state index contributed by atoms with van der Waals surface area (Å²) in [7, 11) is 0. The van der Waals surface area contributed by atoms with Gasteiger partial charge in [0, 0.05) is 11.8 Å². The molecule has 1 amide bonds. The number of ether oxygens (including phenoxy) is 1. The van der Waals surface area contributed by atoms with Crippen LogP contribution in [0.4, 0.5) is 5.69 Å².